The maximum absolute atomic E-state index is 12.5. The molecule has 124 valence electrons. The molecule has 0 unspecified atom stereocenters. The van der Waals surface area contributed by atoms with Gasteiger partial charge < -0.3 is 9.72 Å². The van der Waals surface area contributed by atoms with Crippen molar-refractivity contribution in [1.29, 1.82) is 0 Å². The van der Waals surface area contributed by atoms with Crippen LogP contribution in [0.3, 0.4) is 0 Å². The average molecular weight is 363 g/mol. The summed E-state index contributed by atoms with van der Waals surface area (Å²) in [6.07, 6.45) is 0.359. The van der Waals surface area contributed by atoms with E-state index in [2.05, 4.69) is 9.97 Å². The lowest BCUT2D eigenvalue weighted by molar-refractivity contribution is -0.145. The molecule has 0 saturated carbocycles. The molecule has 0 saturated heterocycles. The highest BCUT2D eigenvalue weighted by Crippen LogP contribution is 2.30. The molecular weight excluding hydrogens is 347 g/mol. The van der Waals surface area contributed by atoms with Crippen molar-refractivity contribution < 1.29 is 9.53 Å². The lowest BCUT2D eigenvalue weighted by atomic mass is 9.98. The summed E-state index contributed by atoms with van der Waals surface area (Å²) >= 11 is 12.3. The van der Waals surface area contributed by atoms with E-state index in [1.165, 1.54) is 0 Å². The van der Waals surface area contributed by atoms with Gasteiger partial charge in [-0.15, -0.1) is 0 Å². The Morgan fingerprint density at radius 2 is 2.00 bits per heavy atom. The van der Waals surface area contributed by atoms with Crippen LogP contribution in [-0.4, -0.2) is 22.5 Å². The number of benzene rings is 2. The van der Waals surface area contributed by atoms with Gasteiger partial charge in [-0.25, -0.2) is 4.98 Å². The number of hydrogen-bond acceptors (Lipinski definition) is 3. The molecule has 0 spiro atoms. The number of halogens is 2. The lowest BCUT2D eigenvalue weighted by Crippen LogP contribution is -2.19. The smallest absolute Gasteiger partial charge is 0.316 e. The van der Waals surface area contributed by atoms with Crippen LogP contribution in [0.15, 0.2) is 42.5 Å². The molecule has 0 aliphatic heterocycles. The zero-order valence-corrected chi connectivity index (χ0v) is 14.6. The zero-order chi connectivity index (χ0) is 17.1. The van der Waals surface area contributed by atoms with Gasteiger partial charge in [0, 0.05) is 0 Å². The van der Waals surface area contributed by atoms with Gasteiger partial charge in [0.15, 0.2) is 0 Å². The fourth-order valence-corrected chi connectivity index (χ4v) is 3.00. The van der Waals surface area contributed by atoms with Crippen LogP contribution in [0.5, 0.6) is 0 Å². The molecule has 1 atom stereocenters. The molecule has 24 heavy (non-hydrogen) atoms. The molecule has 1 heterocycles. The van der Waals surface area contributed by atoms with Crippen LogP contribution in [0.4, 0.5) is 0 Å². The maximum atomic E-state index is 12.5. The third kappa shape index (κ3) is 3.40. The number of para-hydroxylation sites is 2. The molecule has 2 aromatic carbocycles. The van der Waals surface area contributed by atoms with E-state index in [0.29, 0.717) is 28.9 Å². The second kappa shape index (κ2) is 7.24. The zero-order valence-electron chi connectivity index (χ0n) is 13.1. The Balaban J connectivity index is 1.99. The first-order valence-corrected chi connectivity index (χ1v) is 8.40. The minimum atomic E-state index is -0.576. The van der Waals surface area contributed by atoms with E-state index in [1.807, 2.05) is 36.4 Å². The van der Waals surface area contributed by atoms with E-state index >= 15 is 0 Å². The Morgan fingerprint density at radius 1 is 1.21 bits per heavy atom. The minimum Gasteiger partial charge on any atom is -0.465 e. The summed E-state index contributed by atoms with van der Waals surface area (Å²) in [6, 6.07) is 13.0. The third-order valence-electron chi connectivity index (χ3n) is 3.76. The lowest BCUT2D eigenvalue weighted by Gasteiger charge is -2.14. The normalized spacial score (nSPS) is 12.3. The van der Waals surface area contributed by atoms with Crippen molar-refractivity contribution in [3.63, 3.8) is 0 Å². The molecule has 3 aromatic rings. The number of fused-ring (bicyclic) bond motifs is 1. The first kappa shape index (κ1) is 16.8. The Labute approximate surface area is 149 Å². The van der Waals surface area contributed by atoms with Crippen molar-refractivity contribution in [3.8, 4) is 0 Å². The van der Waals surface area contributed by atoms with E-state index in [-0.39, 0.29) is 5.97 Å². The second-order valence-corrected chi connectivity index (χ2v) is 6.15. The van der Waals surface area contributed by atoms with E-state index in [1.54, 1.807) is 13.0 Å². The molecule has 6 heteroatoms. The van der Waals surface area contributed by atoms with Crippen molar-refractivity contribution in [2.24, 2.45) is 0 Å². The predicted octanol–water partition coefficient (Wildman–Crippen LogP) is 4.76. The summed E-state index contributed by atoms with van der Waals surface area (Å²) in [5.41, 5.74) is 2.46. The number of carbonyl (C=O) groups is 1. The summed E-state index contributed by atoms with van der Waals surface area (Å²) < 4.78 is 5.22. The van der Waals surface area contributed by atoms with E-state index < -0.39 is 5.92 Å². The molecule has 0 bridgehead atoms. The number of esters is 1. The molecule has 0 aliphatic rings. The van der Waals surface area contributed by atoms with Gasteiger partial charge >= 0.3 is 5.97 Å². The SMILES string of the molecule is CCOC(=O)[C@H](Cc1cccc(Cl)c1Cl)c1nc2ccccc2[nH]1. The monoisotopic (exact) mass is 362 g/mol. The third-order valence-corrected chi connectivity index (χ3v) is 4.62. The van der Waals surface area contributed by atoms with Crippen molar-refractivity contribution >= 4 is 40.2 Å². The van der Waals surface area contributed by atoms with Crippen molar-refractivity contribution in [2.45, 2.75) is 19.3 Å². The second-order valence-electron chi connectivity index (χ2n) is 5.36. The molecule has 1 N–H and O–H groups in total. The van der Waals surface area contributed by atoms with Crippen LogP contribution in [0.25, 0.3) is 11.0 Å². The molecular formula is C18H16Cl2N2O2. The standard InChI is InChI=1S/C18H16Cl2N2O2/c1-2-24-18(23)12(10-11-6-5-7-13(19)16(11)20)17-21-14-8-3-4-9-15(14)22-17/h3-9,12H,2,10H2,1H3,(H,21,22)/t12-/m1/s1. The molecule has 0 aliphatic carbocycles. The number of imidazole rings is 1. The van der Waals surface area contributed by atoms with Gasteiger partial charge in [-0.3, -0.25) is 4.79 Å². The number of H-pyrrole nitrogens is 1. The Bertz CT molecular complexity index is 843. The van der Waals surface area contributed by atoms with Crippen LogP contribution in [0.1, 0.15) is 24.2 Å². The fraction of sp³-hybridized carbons (Fsp3) is 0.222. The van der Waals surface area contributed by atoms with Crippen LogP contribution in [0, 0.1) is 0 Å². The molecule has 1 aromatic heterocycles. The average Bonchev–Trinajstić information content (AvgIpc) is 3.00. The predicted molar refractivity (Wildman–Crippen MR) is 95.6 cm³/mol. The molecule has 0 amide bonds. The summed E-state index contributed by atoms with van der Waals surface area (Å²) in [6.45, 7) is 2.08. The number of aromatic amines is 1. The van der Waals surface area contributed by atoms with Gasteiger partial charge in [-0.05, 0) is 37.1 Å². The molecule has 0 radical (unpaired) electrons. The minimum absolute atomic E-state index is 0.304. The topological polar surface area (TPSA) is 55.0 Å². The fourth-order valence-electron chi connectivity index (χ4n) is 2.60. The Morgan fingerprint density at radius 3 is 2.75 bits per heavy atom. The Hall–Kier alpha value is -2.04. The van der Waals surface area contributed by atoms with Gasteiger partial charge in [0.25, 0.3) is 0 Å². The summed E-state index contributed by atoms with van der Waals surface area (Å²) in [4.78, 5) is 20.2. The van der Waals surface area contributed by atoms with Gasteiger partial charge in [-0.1, -0.05) is 47.5 Å². The number of carbonyl (C=O) groups excluding carboxylic acids is 1. The highest BCUT2D eigenvalue weighted by Gasteiger charge is 2.27. The van der Waals surface area contributed by atoms with Crippen molar-refractivity contribution in [2.75, 3.05) is 6.61 Å². The van der Waals surface area contributed by atoms with Crippen LogP contribution < -0.4 is 0 Å². The molecule has 3 rings (SSSR count). The van der Waals surface area contributed by atoms with Crippen LogP contribution in [0.2, 0.25) is 10.0 Å². The first-order chi connectivity index (χ1) is 11.6. The van der Waals surface area contributed by atoms with Crippen LogP contribution in [-0.2, 0) is 16.0 Å². The van der Waals surface area contributed by atoms with Gasteiger partial charge in [0.2, 0.25) is 0 Å². The highest BCUT2D eigenvalue weighted by molar-refractivity contribution is 6.42. The molecule has 4 nitrogen and oxygen atoms in total. The van der Waals surface area contributed by atoms with Gasteiger partial charge in [-0.2, -0.15) is 0 Å². The van der Waals surface area contributed by atoms with Gasteiger partial charge in [0.05, 0.1) is 27.7 Å². The van der Waals surface area contributed by atoms with E-state index in [9.17, 15) is 4.79 Å². The molecule has 0 fully saturated rings. The van der Waals surface area contributed by atoms with E-state index in [4.69, 9.17) is 27.9 Å². The van der Waals surface area contributed by atoms with Crippen LogP contribution >= 0.6 is 23.2 Å². The van der Waals surface area contributed by atoms with Gasteiger partial charge in [0.1, 0.15) is 11.7 Å². The maximum Gasteiger partial charge on any atom is 0.316 e. The number of nitrogens with zero attached hydrogens (tertiary/aromatic N) is 1. The largest absolute Gasteiger partial charge is 0.465 e. The quantitative estimate of drug-likeness (QED) is 0.665. The number of hydrogen-bond donors (Lipinski definition) is 1. The Kier molecular flexibility index (Phi) is 5.07. The highest BCUT2D eigenvalue weighted by atomic mass is 35.5. The van der Waals surface area contributed by atoms with E-state index in [0.717, 1.165) is 16.6 Å². The summed E-state index contributed by atoms with van der Waals surface area (Å²) in [7, 11) is 0. The summed E-state index contributed by atoms with van der Waals surface area (Å²) in [5, 5.41) is 0.908. The number of rotatable bonds is 5. The number of ether oxygens (including phenoxy) is 1. The number of aromatic nitrogens is 2. The summed E-state index contributed by atoms with van der Waals surface area (Å²) in [5.74, 6) is -0.355. The first-order valence-electron chi connectivity index (χ1n) is 7.64. The van der Waals surface area contributed by atoms with Crippen molar-refractivity contribution in [1.82, 2.24) is 9.97 Å². The van der Waals surface area contributed by atoms with Crippen molar-refractivity contribution in [3.05, 3.63) is 63.9 Å². The number of nitrogens with one attached hydrogen (secondary N) is 1.